The molecule has 0 aliphatic carbocycles. The fourth-order valence-electron chi connectivity index (χ4n) is 6.10. The third-order valence-electron chi connectivity index (χ3n) is 8.68. The second-order valence-corrected chi connectivity index (χ2v) is 13.0. The molecule has 1 aromatic carbocycles. The summed E-state index contributed by atoms with van der Waals surface area (Å²) in [6.07, 6.45) is 0.864. The number of nitrogens with zero attached hydrogens (tertiary/aromatic N) is 2. The Balaban J connectivity index is 2.21. The van der Waals surface area contributed by atoms with Crippen LogP contribution in [0.4, 0.5) is 4.79 Å². The molecule has 1 aliphatic heterocycles. The largest absolute Gasteiger partial charge is 0.467 e. The summed E-state index contributed by atoms with van der Waals surface area (Å²) in [4.78, 5) is 56.2. The molecule has 11 heteroatoms. The Morgan fingerprint density at radius 2 is 1.69 bits per heavy atom. The lowest BCUT2D eigenvalue weighted by atomic mass is 9.90. The Morgan fingerprint density at radius 3 is 2.22 bits per heavy atom. The quantitative estimate of drug-likeness (QED) is 0.285. The molecule has 11 nitrogen and oxygen atoms in total. The fourth-order valence-corrected chi connectivity index (χ4v) is 6.10. The lowest BCUT2D eigenvalue weighted by Crippen LogP contribution is -2.54. The van der Waals surface area contributed by atoms with Crippen LogP contribution in [0.25, 0.3) is 0 Å². The normalized spacial score (nSPS) is 19.1. The summed E-state index contributed by atoms with van der Waals surface area (Å²) in [5.74, 6) is -1.67. The number of esters is 1. The Bertz CT molecular complexity index is 1110. The third kappa shape index (κ3) is 10.7. The van der Waals surface area contributed by atoms with E-state index in [0.717, 1.165) is 18.4 Å². The Kier molecular flexibility index (Phi) is 14.8. The molecule has 1 aliphatic rings. The number of hydrogen-bond donors (Lipinski definition) is 1. The van der Waals surface area contributed by atoms with Gasteiger partial charge >= 0.3 is 12.1 Å². The van der Waals surface area contributed by atoms with Crippen molar-refractivity contribution in [3.8, 4) is 0 Å². The van der Waals surface area contributed by atoms with Crippen LogP contribution < -0.4 is 5.32 Å². The van der Waals surface area contributed by atoms with Gasteiger partial charge in [-0.1, -0.05) is 57.5 Å². The number of methoxy groups -OCH3 is 3. The molecule has 7 atom stereocenters. The summed E-state index contributed by atoms with van der Waals surface area (Å²) in [6.45, 7) is 11.8. The topological polar surface area (TPSA) is 124 Å². The first-order chi connectivity index (χ1) is 21.2. The molecule has 1 heterocycles. The predicted molar refractivity (Wildman–Crippen MR) is 171 cm³/mol. The highest BCUT2D eigenvalue weighted by Crippen LogP contribution is 2.29. The predicted octanol–water partition coefficient (Wildman–Crippen LogP) is 4.22. The minimum atomic E-state index is -0.868. The average Bonchev–Trinajstić information content (AvgIpc) is 3.49. The number of amides is 3. The molecule has 1 N–H and O–H groups in total. The molecule has 0 radical (unpaired) electrons. The van der Waals surface area contributed by atoms with Gasteiger partial charge in [0.2, 0.25) is 11.8 Å². The van der Waals surface area contributed by atoms with Crippen molar-refractivity contribution in [3.63, 3.8) is 0 Å². The van der Waals surface area contributed by atoms with Crippen LogP contribution in [0, 0.1) is 11.8 Å². The van der Waals surface area contributed by atoms with Gasteiger partial charge in [0.1, 0.15) is 11.6 Å². The van der Waals surface area contributed by atoms with Crippen molar-refractivity contribution in [3.05, 3.63) is 35.9 Å². The van der Waals surface area contributed by atoms with E-state index in [9.17, 15) is 19.2 Å². The molecule has 7 unspecified atom stereocenters. The molecule has 2 rings (SSSR count). The van der Waals surface area contributed by atoms with Crippen molar-refractivity contribution >= 4 is 23.9 Å². The molecular formula is C34H55N3O8. The summed E-state index contributed by atoms with van der Waals surface area (Å²) in [5, 5.41) is 2.85. The molecule has 45 heavy (non-hydrogen) atoms. The van der Waals surface area contributed by atoms with Crippen molar-refractivity contribution in [2.45, 2.75) is 110 Å². The number of likely N-dealkylation sites (tertiary alicyclic amines) is 1. The van der Waals surface area contributed by atoms with Crippen molar-refractivity contribution in [2.24, 2.45) is 11.8 Å². The van der Waals surface area contributed by atoms with E-state index in [1.807, 2.05) is 65.0 Å². The van der Waals surface area contributed by atoms with Gasteiger partial charge in [0.15, 0.2) is 0 Å². The first-order valence-corrected chi connectivity index (χ1v) is 15.9. The SMILES string of the molecule is CCC(C)C(C(CC(=O)N1CCCC1C(OC)C(C)C(=O)NC(Cc1ccccc1)C(=O)OC)OC)N(C)C(=O)OC(C)(C)C. The third-order valence-corrected chi connectivity index (χ3v) is 8.68. The molecule has 0 aromatic heterocycles. The zero-order chi connectivity index (χ0) is 33.9. The van der Waals surface area contributed by atoms with Crippen LogP contribution in [0.1, 0.15) is 72.8 Å². The number of nitrogens with one attached hydrogen (secondary N) is 1. The first-order valence-electron chi connectivity index (χ1n) is 15.9. The molecule has 254 valence electrons. The fraction of sp³-hybridized carbons (Fsp3) is 0.706. The zero-order valence-corrected chi connectivity index (χ0v) is 28.8. The molecule has 0 spiro atoms. The molecule has 1 aromatic rings. The molecule has 0 saturated carbocycles. The van der Waals surface area contributed by atoms with Gasteiger partial charge in [0, 0.05) is 34.2 Å². The van der Waals surface area contributed by atoms with Gasteiger partial charge in [0.25, 0.3) is 0 Å². The van der Waals surface area contributed by atoms with Crippen LogP contribution in [0.3, 0.4) is 0 Å². The van der Waals surface area contributed by atoms with E-state index in [4.69, 9.17) is 18.9 Å². The Morgan fingerprint density at radius 1 is 1.04 bits per heavy atom. The van der Waals surface area contributed by atoms with Gasteiger partial charge in [-0.2, -0.15) is 0 Å². The summed E-state index contributed by atoms with van der Waals surface area (Å²) in [6, 6.07) is 7.78. The highest BCUT2D eigenvalue weighted by Gasteiger charge is 2.42. The Labute approximate surface area is 269 Å². The maximum absolute atomic E-state index is 13.9. The molecule has 3 amide bonds. The summed E-state index contributed by atoms with van der Waals surface area (Å²) in [5.41, 5.74) is 0.223. The number of carbonyl (C=O) groups is 4. The number of rotatable bonds is 15. The van der Waals surface area contributed by atoms with Gasteiger partial charge in [-0.25, -0.2) is 9.59 Å². The first kappa shape index (κ1) is 38.0. The van der Waals surface area contributed by atoms with Gasteiger partial charge in [-0.15, -0.1) is 0 Å². The van der Waals surface area contributed by atoms with Crippen molar-refractivity contribution < 1.29 is 38.1 Å². The van der Waals surface area contributed by atoms with E-state index in [-0.39, 0.29) is 36.6 Å². The maximum Gasteiger partial charge on any atom is 0.410 e. The summed E-state index contributed by atoms with van der Waals surface area (Å²) in [7, 11) is 6.06. The second kappa shape index (κ2) is 17.5. The molecule has 1 saturated heterocycles. The lowest BCUT2D eigenvalue weighted by molar-refractivity contribution is -0.147. The van der Waals surface area contributed by atoms with Crippen LogP contribution >= 0.6 is 0 Å². The van der Waals surface area contributed by atoms with E-state index < -0.39 is 47.9 Å². The molecule has 1 fully saturated rings. The summed E-state index contributed by atoms with van der Waals surface area (Å²) >= 11 is 0. The minimum Gasteiger partial charge on any atom is -0.467 e. The smallest absolute Gasteiger partial charge is 0.410 e. The zero-order valence-electron chi connectivity index (χ0n) is 28.8. The minimum absolute atomic E-state index is 0.0312. The van der Waals surface area contributed by atoms with Crippen LogP contribution in [-0.2, 0) is 39.8 Å². The van der Waals surface area contributed by atoms with E-state index in [1.54, 1.807) is 30.9 Å². The second-order valence-electron chi connectivity index (χ2n) is 13.0. The van der Waals surface area contributed by atoms with Crippen molar-refractivity contribution in [1.82, 2.24) is 15.1 Å². The van der Waals surface area contributed by atoms with E-state index >= 15 is 0 Å². The lowest BCUT2D eigenvalue weighted by Gasteiger charge is -2.39. The number of benzene rings is 1. The van der Waals surface area contributed by atoms with Gasteiger partial charge in [0.05, 0.1) is 43.7 Å². The molecular weight excluding hydrogens is 578 g/mol. The number of likely N-dealkylation sites (N-methyl/N-ethyl adjacent to an activating group) is 1. The average molecular weight is 634 g/mol. The van der Waals surface area contributed by atoms with E-state index in [0.29, 0.717) is 13.0 Å². The Hall–Kier alpha value is -3.18. The van der Waals surface area contributed by atoms with Crippen LogP contribution in [0.5, 0.6) is 0 Å². The van der Waals surface area contributed by atoms with Gasteiger partial charge in [-0.05, 0) is 45.1 Å². The maximum atomic E-state index is 13.9. The number of ether oxygens (including phenoxy) is 4. The van der Waals surface area contributed by atoms with Gasteiger partial charge in [-0.3, -0.25) is 9.59 Å². The standard InChI is InChI=1S/C34H55N3O8/c1-11-22(2)29(36(7)33(41)45-34(4,5)6)27(42-8)21-28(38)37-19-15-18-26(37)30(43-9)23(3)31(39)35-25(32(40)44-10)20-24-16-13-12-14-17-24/h12-14,16-17,22-23,25-27,29-30H,11,15,18-21H2,1-10H3,(H,35,39). The number of hydrogen-bond acceptors (Lipinski definition) is 8. The van der Waals surface area contributed by atoms with Crippen LogP contribution in [0.2, 0.25) is 0 Å². The highest BCUT2D eigenvalue weighted by atomic mass is 16.6. The monoisotopic (exact) mass is 633 g/mol. The van der Waals surface area contributed by atoms with Crippen molar-refractivity contribution in [1.29, 1.82) is 0 Å². The summed E-state index contributed by atoms with van der Waals surface area (Å²) < 4.78 is 22.3. The highest BCUT2D eigenvalue weighted by molar-refractivity contribution is 5.86. The molecule has 0 bridgehead atoms. The van der Waals surface area contributed by atoms with Gasteiger partial charge < -0.3 is 34.1 Å². The van der Waals surface area contributed by atoms with Crippen LogP contribution in [0.15, 0.2) is 30.3 Å². The van der Waals surface area contributed by atoms with E-state index in [1.165, 1.54) is 14.2 Å². The van der Waals surface area contributed by atoms with E-state index in [2.05, 4.69) is 5.32 Å². The van der Waals surface area contributed by atoms with Crippen LogP contribution in [-0.4, -0.2) is 105 Å². The number of carbonyl (C=O) groups excluding carboxylic acids is 4. The van der Waals surface area contributed by atoms with Crippen molar-refractivity contribution in [2.75, 3.05) is 34.9 Å².